The number of hydrogen-bond acceptors (Lipinski definition) is 5. The number of rotatable bonds is 4. The Morgan fingerprint density at radius 3 is 2.56 bits per heavy atom. The fourth-order valence-electron chi connectivity index (χ4n) is 3.54. The lowest BCUT2D eigenvalue weighted by molar-refractivity contribution is 0.0299. The van der Waals surface area contributed by atoms with Crippen LogP contribution in [0.3, 0.4) is 0 Å². The molecule has 3 heterocycles. The normalized spacial score (nSPS) is 17.6. The van der Waals surface area contributed by atoms with Gasteiger partial charge in [0.1, 0.15) is 17.5 Å². The van der Waals surface area contributed by atoms with Crippen molar-refractivity contribution in [2.24, 2.45) is 0 Å². The predicted octanol–water partition coefficient (Wildman–Crippen LogP) is 2.44. The number of aryl methyl sites for hydroxylation is 2. The molecule has 142 valence electrons. The van der Waals surface area contributed by atoms with Crippen LogP contribution in [0.15, 0.2) is 36.5 Å². The first-order valence-corrected chi connectivity index (χ1v) is 9.43. The number of hydrogen-bond donors (Lipinski definition) is 0. The lowest BCUT2D eigenvalue weighted by Gasteiger charge is -2.41. The molecule has 1 amide bonds. The van der Waals surface area contributed by atoms with E-state index in [1.807, 2.05) is 12.1 Å². The number of benzene rings is 1. The van der Waals surface area contributed by atoms with E-state index in [1.165, 1.54) is 0 Å². The topological polar surface area (TPSA) is 54.9 Å². The van der Waals surface area contributed by atoms with Crippen molar-refractivity contribution in [3.63, 3.8) is 0 Å². The Kier molecular flexibility index (Phi) is 4.99. The summed E-state index contributed by atoms with van der Waals surface area (Å²) in [5.41, 5.74) is 3.84. The van der Waals surface area contributed by atoms with Crippen molar-refractivity contribution in [1.29, 1.82) is 0 Å². The van der Waals surface area contributed by atoms with Gasteiger partial charge in [0.05, 0.1) is 26.3 Å². The third-order valence-electron chi connectivity index (χ3n) is 5.17. The molecule has 0 aliphatic carbocycles. The molecule has 2 aliphatic heterocycles. The van der Waals surface area contributed by atoms with Crippen LogP contribution < -0.4 is 9.64 Å². The van der Waals surface area contributed by atoms with E-state index in [1.54, 1.807) is 11.1 Å². The molecule has 1 aromatic heterocycles. The molecule has 4 rings (SSSR count). The Labute approximate surface area is 159 Å². The third kappa shape index (κ3) is 3.76. The molecule has 6 nitrogen and oxygen atoms in total. The number of aromatic nitrogens is 1. The van der Waals surface area contributed by atoms with Crippen LogP contribution in [-0.2, 0) is 4.74 Å². The summed E-state index contributed by atoms with van der Waals surface area (Å²) in [5, 5.41) is 0. The van der Waals surface area contributed by atoms with Crippen LogP contribution in [0.4, 0.5) is 5.69 Å². The highest BCUT2D eigenvalue weighted by Gasteiger charge is 2.30. The molecule has 0 N–H and O–H groups in total. The molecule has 0 unspecified atom stereocenters. The number of carbonyl (C=O) groups excluding carboxylic acids is 1. The van der Waals surface area contributed by atoms with Gasteiger partial charge in [-0.2, -0.15) is 0 Å². The van der Waals surface area contributed by atoms with E-state index in [0.717, 1.165) is 35.7 Å². The number of anilines is 1. The largest absolute Gasteiger partial charge is 0.486 e. The second kappa shape index (κ2) is 7.56. The van der Waals surface area contributed by atoms with Gasteiger partial charge in [0.25, 0.3) is 5.91 Å². The smallest absolute Gasteiger partial charge is 0.272 e. The summed E-state index contributed by atoms with van der Waals surface area (Å²) in [5.74, 6) is 0.962. The number of ether oxygens (including phenoxy) is 2. The van der Waals surface area contributed by atoms with Gasteiger partial charge in [-0.05, 0) is 37.1 Å². The average molecular weight is 367 g/mol. The summed E-state index contributed by atoms with van der Waals surface area (Å²) in [6.45, 7) is 8.20. The van der Waals surface area contributed by atoms with Crippen LogP contribution in [0.2, 0.25) is 0 Å². The van der Waals surface area contributed by atoms with Crippen molar-refractivity contribution in [1.82, 2.24) is 9.88 Å². The Morgan fingerprint density at radius 2 is 1.85 bits per heavy atom. The second-order valence-corrected chi connectivity index (χ2v) is 7.17. The maximum absolute atomic E-state index is 12.6. The molecule has 2 aliphatic rings. The van der Waals surface area contributed by atoms with Crippen LogP contribution >= 0.6 is 0 Å². The summed E-state index contributed by atoms with van der Waals surface area (Å²) in [4.78, 5) is 20.9. The zero-order chi connectivity index (χ0) is 18.8. The van der Waals surface area contributed by atoms with Gasteiger partial charge in [0, 0.05) is 25.0 Å². The molecule has 0 bridgehead atoms. The molecule has 0 radical (unpaired) electrons. The van der Waals surface area contributed by atoms with E-state index in [4.69, 9.17) is 9.47 Å². The van der Waals surface area contributed by atoms with Gasteiger partial charge >= 0.3 is 0 Å². The van der Waals surface area contributed by atoms with E-state index in [0.29, 0.717) is 32.0 Å². The monoisotopic (exact) mass is 367 g/mol. The number of nitrogens with zero attached hydrogens (tertiary/aromatic N) is 3. The van der Waals surface area contributed by atoms with Crippen molar-refractivity contribution in [2.75, 3.05) is 44.3 Å². The van der Waals surface area contributed by atoms with Gasteiger partial charge < -0.3 is 19.3 Å². The number of morpholine rings is 1. The second-order valence-electron chi connectivity index (χ2n) is 7.17. The van der Waals surface area contributed by atoms with Crippen molar-refractivity contribution in [3.05, 3.63) is 53.3 Å². The molecular formula is C21H25N3O3. The van der Waals surface area contributed by atoms with Gasteiger partial charge in [-0.15, -0.1) is 0 Å². The van der Waals surface area contributed by atoms with Crippen LogP contribution in [0, 0.1) is 13.8 Å². The van der Waals surface area contributed by atoms with E-state index in [-0.39, 0.29) is 12.0 Å². The minimum Gasteiger partial charge on any atom is -0.486 e. The first-order chi connectivity index (χ1) is 13.1. The third-order valence-corrected chi connectivity index (χ3v) is 5.17. The molecule has 2 fully saturated rings. The molecular weight excluding hydrogens is 342 g/mol. The van der Waals surface area contributed by atoms with Crippen molar-refractivity contribution in [2.45, 2.75) is 20.0 Å². The molecule has 1 aromatic carbocycles. The minimum atomic E-state index is -0.0241. The van der Waals surface area contributed by atoms with Crippen molar-refractivity contribution >= 4 is 11.6 Å². The highest BCUT2D eigenvalue weighted by molar-refractivity contribution is 5.93. The first-order valence-electron chi connectivity index (χ1n) is 9.43. The van der Waals surface area contributed by atoms with E-state index in [9.17, 15) is 4.79 Å². The molecule has 0 saturated carbocycles. The standard InChI is InChI=1S/C21H25N3O3/c1-15-4-3-5-16(2)20(15)27-18-13-24(14-18)17-6-7-22-19(12-17)21(25)23-8-10-26-11-9-23/h3-7,12,18H,8-11,13-14H2,1-2H3. The Hall–Kier alpha value is -2.60. The maximum atomic E-state index is 12.6. The first kappa shape index (κ1) is 17.8. The molecule has 2 saturated heterocycles. The van der Waals surface area contributed by atoms with Crippen molar-refractivity contribution < 1.29 is 14.3 Å². The minimum absolute atomic E-state index is 0.0241. The van der Waals surface area contributed by atoms with E-state index < -0.39 is 0 Å². The van der Waals surface area contributed by atoms with Crippen LogP contribution in [0.1, 0.15) is 21.6 Å². The number of pyridine rings is 1. The average Bonchev–Trinajstić information content (AvgIpc) is 2.66. The Balaban J connectivity index is 1.39. The summed E-state index contributed by atoms with van der Waals surface area (Å²) >= 11 is 0. The fourth-order valence-corrected chi connectivity index (χ4v) is 3.54. The van der Waals surface area contributed by atoms with Crippen LogP contribution in [-0.4, -0.2) is 61.3 Å². The van der Waals surface area contributed by atoms with Gasteiger partial charge in [0.15, 0.2) is 0 Å². The quantitative estimate of drug-likeness (QED) is 0.831. The van der Waals surface area contributed by atoms with E-state index in [2.05, 4.69) is 41.9 Å². The van der Waals surface area contributed by atoms with Crippen LogP contribution in [0.5, 0.6) is 5.75 Å². The summed E-state index contributed by atoms with van der Waals surface area (Å²) in [6, 6.07) is 10.0. The Morgan fingerprint density at radius 1 is 1.15 bits per heavy atom. The zero-order valence-corrected chi connectivity index (χ0v) is 15.9. The summed E-state index contributed by atoms with van der Waals surface area (Å²) < 4.78 is 11.5. The summed E-state index contributed by atoms with van der Waals surface area (Å²) in [7, 11) is 0. The molecule has 0 atom stereocenters. The predicted molar refractivity (Wildman–Crippen MR) is 104 cm³/mol. The molecule has 2 aromatic rings. The van der Waals surface area contributed by atoms with E-state index >= 15 is 0 Å². The Bertz CT molecular complexity index is 807. The number of amides is 1. The lowest BCUT2D eigenvalue weighted by atomic mass is 10.1. The molecule has 6 heteroatoms. The SMILES string of the molecule is Cc1cccc(C)c1OC1CN(c2ccnc(C(=O)N3CCOCC3)c2)C1. The fraction of sp³-hybridized carbons (Fsp3) is 0.429. The number of carbonyl (C=O) groups is 1. The molecule has 27 heavy (non-hydrogen) atoms. The lowest BCUT2D eigenvalue weighted by Crippen LogP contribution is -2.54. The maximum Gasteiger partial charge on any atom is 0.272 e. The van der Waals surface area contributed by atoms with Gasteiger partial charge in [-0.1, -0.05) is 18.2 Å². The highest BCUT2D eigenvalue weighted by atomic mass is 16.5. The number of para-hydroxylation sites is 1. The van der Waals surface area contributed by atoms with Gasteiger partial charge in [-0.25, -0.2) is 0 Å². The van der Waals surface area contributed by atoms with Gasteiger partial charge in [0.2, 0.25) is 0 Å². The van der Waals surface area contributed by atoms with Crippen LogP contribution in [0.25, 0.3) is 0 Å². The van der Waals surface area contributed by atoms with Crippen molar-refractivity contribution in [3.8, 4) is 5.75 Å². The highest BCUT2D eigenvalue weighted by Crippen LogP contribution is 2.28. The summed E-state index contributed by atoms with van der Waals surface area (Å²) in [6.07, 6.45) is 1.87. The van der Waals surface area contributed by atoms with Gasteiger partial charge in [-0.3, -0.25) is 9.78 Å². The molecule has 0 spiro atoms. The zero-order valence-electron chi connectivity index (χ0n) is 15.9.